The van der Waals surface area contributed by atoms with Crippen molar-refractivity contribution < 1.29 is 0 Å². The van der Waals surface area contributed by atoms with Crippen molar-refractivity contribution in [2.75, 3.05) is 25.0 Å². The molecule has 17 heavy (non-hydrogen) atoms. The smallest absolute Gasteiger partial charge is 0.138 e. The Balaban J connectivity index is 2.21. The quantitative estimate of drug-likeness (QED) is 0.800. The first-order chi connectivity index (χ1) is 8.24. The van der Waals surface area contributed by atoms with Crippen molar-refractivity contribution >= 4 is 27.4 Å². The molecule has 92 valence electrons. The molecule has 0 aliphatic rings. The maximum atomic E-state index is 4.34. The molecule has 5 heteroatoms. The summed E-state index contributed by atoms with van der Waals surface area (Å²) in [6.45, 7) is 9.20. The van der Waals surface area contributed by atoms with Crippen LogP contribution in [0.3, 0.4) is 0 Å². The van der Waals surface area contributed by atoms with Gasteiger partial charge in [-0.25, -0.2) is 9.97 Å². The van der Waals surface area contributed by atoms with Crippen LogP contribution in [0.5, 0.6) is 0 Å². The Morgan fingerprint density at radius 1 is 1.24 bits per heavy atom. The second kappa shape index (κ2) is 5.42. The maximum absolute atomic E-state index is 4.34. The van der Waals surface area contributed by atoms with E-state index in [0.717, 1.165) is 30.3 Å². The highest BCUT2D eigenvalue weighted by atomic mass is 32.1. The fraction of sp³-hybridized carbons (Fsp3) is 0.500. The van der Waals surface area contributed by atoms with Gasteiger partial charge in [-0.1, -0.05) is 6.92 Å². The molecular formula is C12H18N4S. The SMILES string of the molecule is CCNCCNc1ncnc2sc(C)c(C)c12. The maximum Gasteiger partial charge on any atom is 0.138 e. The van der Waals surface area contributed by atoms with Gasteiger partial charge in [0.2, 0.25) is 0 Å². The summed E-state index contributed by atoms with van der Waals surface area (Å²) in [6.07, 6.45) is 1.63. The van der Waals surface area contributed by atoms with Crippen LogP contribution >= 0.6 is 11.3 Å². The first kappa shape index (κ1) is 12.3. The lowest BCUT2D eigenvalue weighted by Gasteiger charge is -2.07. The summed E-state index contributed by atoms with van der Waals surface area (Å²) in [4.78, 5) is 11.0. The van der Waals surface area contributed by atoms with Crippen LogP contribution in [-0.2, 0) is 0 Å². The van der Waals surface area contributed by atoms with Crippen LogP contribution in [0.4, 0.5) is 5.82 Å². The van der Waals surface area contributed by atoms with Crippen LogP contribution in [0, 0.1) is 13.8 Å². The molecular weight excluding hydrogens is 232 g/mol. The first-order valence-electron chi connectivity index (χ1n) is 5.89. The number of fused-ring (bicyclic) bond motifs is 1. The number of nitrogens with one attached hydrogen (secondary N) is 2. The minimum absolute atomic E-state index is 0.883. The molecule has 2 heterocycles. The number of likely N-dealkylation sites (N-methyl/N-ethyl adjacent to an activating group) is 1. The van der Waals surface area contributed by atoms with E-state index in [1.807, 2.05) is 0 Å². The van der Waals surface area contributed by atoms with Crippen molar-refractivity contribution in [1.29, 1.82) is 0 Å². The number of rotatable bonds is 5. The molecule has 0 aromatic carbocycles. The number of thiophene rings is 1. The van der Waals surface area contributed by atoms with E-state index in [2.05, 4.69) is 41.4 Å². The van der Waals surface area contributed by atoms with Gasteiger partial charge < -0.3 is 10.6 Å². The van der Waals surface area contributed by atoms with E-state index < -0.39 is 0 Å². The van der Waals surface area contributed by atoms with Gasteiger partial charge in [0, 0.05) is 18.0 Å². The standard InChI is InChI=1S/C12H18N4S/c1-4-13-5-6-14-11-10-8(2)9(3)17-12(10)16-7-15-11/h7,13H,4-6H2,1-3H3,(H,14,15,16). The molecule has 2 rings (SSSR count). The number of hydrogen-bond donors (Lipinski definition) is 2. The molecule has 0 radical (unpaired) electrons. The number of aryl methyl sites for hydroxylation is 2. The fourth-order valence-corrected chi connectivity index (χ4v) is 2.76. The summed E-state index contributed by atoms with van der Waals surface area (Å²) in [7, 11) is 0. The van der Waals surface area contributed by atoms with Crippen LogP contribution < -0.4 is 10.6 Å². The van der Waals surface area contributed by atoms with E-state index in [1.165, 1.54) is 15.8 Å². The van der Waals surface area contributed by atoms with Crippen molar-refractivity contribution in [2.24, 2.45) is 0 Å². The van der Waals surface area contributed by atoms with E-state index in [0.29, 0.717) is 0 Å². The first-order valence-corrected chi connectivity index (χ1v) is 6.71. The van der Waals surface area contributed by atoms with Gasteiger partial charge in [0.25, 0.3) is 0 Å². The summed E-state index contributed by atoms with van der Waals surface area (Å²) < 4.78 is 0. The Labute approximate surface area is 105 Å². The molecule has 0 spiro atoms. The molecule has 0 atom stereocenters. The lowest BCUT2D eigenvalue weighted by Crippen LogP contribution is -2.22. The zero-order valence-corrected chi connectivity index (χ0v) is 11.3. The third-order valence-electron chi connectivity index (χ3n) is 2.81. The highest BCUT2D eigenvalue weighted by Gasteiger charge is 2.10. The van der Waals surface area contributed by atoms with Crippen LogP contribution in [-0.4, -0.2) is 29.6 Å². The number of hydrogen-bond acceptors (Lipinski definition) is 5. The van der Waals surface area contributed by atoms with Gasteiger partial charge >= 0.3 is 0 Å². The van der Waals surface area contributed by atoms with Crippen LogP contribution in [0.25, 0.3) is 10.2 Å². The number of aromatic nitrogens is 2. The average molecular weight is 250 g/mol. The Hall–Kier alpha value is -1.20. The summed E-state index contributed by atoms with van der Waals surface area (Å²) in [5.74, 6) is 0.953. The number of nitrogens with zero attached hydrogens (tertiary/aromatic N) is 2. The Morgan fingerprint density at radius 2 is 2.06 bits per heavy atom. The molecule has 0 amide bonds. The Bertz CT molecular complexity index is 506. The van der Waals surface area contributed by atoms with Gasteiger partial charge in [-0.05, 0) is 26.0 Å². The third kappa shape index (κ3) is 2.56. The highest BCUT2D eigenvalue weighted by Crippen LogP contribution is 2.32. The van der Waals surface area contributed by atoms with Crippen LogP contribution in [0.1, 0.15) is 17.4 Å². The summed E-state index contributed by atoms with van der Waals surface area (Å²) >= 11 is 1.73. The minimum atomic E-state index is 0.883. The molecule has 0 aliphatic carbocycles. The van der Waals surface area contributed by atoms with E-state index >= 15 is 0 Å². The Morgan fingerprint density at radius 3 is 2.82 bits per heavy atom. The summed E-state index contributed by atoms with van der Waals surface area (Å²) in [6, 6.07) is 0. The van der Waals surface area contributed by atoms with E-state index in [1.54, 1.807) is 17.7 Å². The lowest BCUT2D eigenvalue weighted by atomic mass is 10.2. The van der Waals surface area contributed by atoms with Crippen molar-refractivity contribution in [2.45, 2.75) is 20.8 Å². The van der Waals surface area contributed by atoms with E-state index in [4.69, 9.17) is 0 Å². The second-order valence-corrected chi connectivity index (χ2v) is 5.17. The number of anilines is 1. The Kier molecular flexibility index (Phi) is 3.91. The van der Waals surface area contributed by atoms with E-state index in [-0.39, 0.29) is 0 Å². The van der Waals surface area contributed by atoms with Crippen molar-refractivity contribution in [3.63, 3.8) is 0 Å². The molecule has 0 saturated heterocycles. The zero-order chi connectivity index (χ0) is 12.3. The van der Waals surface area contributed by atoms with Crippen molar-refractivity contribution in [3.8, 4) is 0 Å². The molecule has 4 nitrogen and oxygen atoms in total. The second-order valence-electron chi connectivity index (χ2n) is 3.97. The van der Waals surface area contributed by atoms with Gasteiger partial charge in [0.1, 0.15) is 17.0 Å². The van der Waals surface area contributed by atoms with Gasteiger partial charge in [-0.3, -0.25) is 0 Å². The fourth-order valence-electron chi connectivity index (χ4n) is 1.76. The van der Waals surface area contributed by atoms with Gasteiger partial charge in [-0.15, -0.1) is 11.3 Å². The molecule has 0 saturated carbocycles. The third-order valence-corrected chi connectivity index (χ3v) is 3.92. The van der Waals surface area contributed by atoms with Gasteiger partial charge in [0.05, 0.1) is 5.39 Å². The molecule has 0 aliphatic heterocycles. The van der Waals surface area contributed by atoms with Crippen LogP contribution in [0.15, 0.2) is 6.33 Å². The normalized spacial score (nSPS) is 11.0. The summed E-state index contributed by atoms with van der Waals surface area (Å²) in [5, 5.41) is 7.83. The molecule has 0 unspecified atom stereocenters. The summed E-state index contributed by atoms with van der Waals surface area (Å²) in [5.41, 5.74) is 1.29. The molecule has 2 aromatic rings. The predicted molar refractivity (Wildman–Crippen MR) is 73.9 cm³/mol. The minimum Gasteiger partial charge on any atom is -0.368 e. The lowest BCUT2D eigenvalue weighted by molar-refractivity contribution is 0.738. The molecule has 0 fully saturated rings. The largest absolute Gasteiger partial charge is 0.368 e. The molecule has 2 aromatic heterocycles. The van der Waals surface area contributed by atoms with E-state index in [9.17, 15) is 0 Å². The monoisotopic (exact) mass is 250 g/mol. The predicted octanol–water partition coefficient (Wildman–Crippen LogP) is 2.33. The average Bonchev–Trinajstić information content (AvgIpc) is 2.62. The van der Waals surface area contributed by atoms with Crippen molar-refractivity contribution in [3.05, 3.63) is 16.8 Å². The van der Waals surface area contributed by atoms with Gasteiger partial charge in [-0.2, -0.15) is 0 Å². The molecule has 2 N–H and O–H groups in total. The highest BCUT2D eigenvalue weighted by molar-refractivity contribution is 7.18. The van der Waals surface area contributed by atoms with Gasteiger partial charge in [0.15, 0.2) is 0 Å². The zero-order valence-electron chi connectivity index (χ0n) is 10.5. The molecule has 0 bridgehead atoms. The van der Waals surface area contributed by atoms with Crippen LogP contribution in [0.2, 0.25) is 0 Å². The van der Waals surface area contributed by atoms with Crippen molar-refractivity contribution in [1.82, 2.24) is 15.3 Å². The topological polar surface area (TPSA) is 49.8 Å².